The molecule has 0 spiro atoms. The molecule has 0 saturated heterocycles. The second-order valence-electron chi connectivity index (χ2n) is 4.18. The van der Waals surface area contributed by atoms with E-state index in [0.29, 0.717) is 6.54 Å². The Balaban J connectivity index is 2.26. The van der Waals surface area contributed by atoms with Gasteiger partial charge in [-0.1, -0.05) is 6.07 Å². The Labute approximate surface area is 124 Å². The molecular formula is C14H13BrFN3O. The zero-order valence-electron chi connectivity index (χ0n) is 11.2. The summed E-state index contributed by atoms with van der Waals surface area (Å²) in [4.78, 5) is 0. The molecule has 1 aromatic carbocycles. The third-order valence-corrected chi connectivity index (χ3v) is 3.94. The number of hydrogen-bond donors (Lipinski definition) is 0. The first-order valence-electron chi connectivity index (χ1n) is 6.11. The molecule has 2 rings (SSSR count). The van der Waals surface area contributed by atoms with E-state index < -0.39 is 5.82 Å². The topological polar surface area (TPSA) is 50.8 Å². The highest BCUT2D eigenvalue weighted by Crippen LogP contribution is 2.25. The average Bonchev–Trinajstić information content (AvgIpc) is 2.72. The maximum Gasteiger partial charge on any atom is 0.144 e. The van der Waals surface area contributed by atoms with Crippen LogP contribution >= 0.6 is 15.9 Å². The van der Waals surface area contributed by atoms with Crippen LogP contribution in [0.1, 0.15) is 23.9 Å². The normalized spacial score (nSPS) is 10.3. The molecule has 1 heterocycles. The summed E-state index contributed by atoms with van der Waals surface area (Å²) in [7, 11) is 0. The van der Waals surface area contributed by atoms with Crippen molar-refractivity contribution in [3.63, 3.8) is 0 Å². The smallest absolute Gasteiger partial charge is 0.144 e. The van der Waals surface area contributed by atoms with Crippen molar-refractivity contribution in [2.75, 3.05) is 0 Å². The molecule has 0 amide bonds. The van der Waals surface area contributed by atoms with Gasteiger partial charge in [-0.3, -0.25) is 4.68 Å². The minimum absolute atomic E-state index is 0.0806. The fraction of sp³-hybridized carbons (Fsp3) is 0.286. The van der Waals surface area contributed by atoms with Crippen LogP contribution < -0.4 is 4.74 Å². The maximum absolute atomic E-state index is 13.5. The lowest BCUT2D eigenvalue weighted by molar-refractivity contribution is 0.289. The quantitative estimate of drug-likeness (QED) is 0.856. The first-order valence-corrected chi connectivity index (χ1v) is 6.91. The van der Waals surface area contributed by atoms with E-state index in [-0.39, 0.29) is 17.9 Å². The molecule has 104 valence electrons. The molecule has 4 nitrogen and oxygen atoms in total. The van der Waals surface area contributed by atoms with E-state index in [0.717, 1.165) is 15.9 Å². The first-order chi connectivity index (χ1) is 9.58. The number of halogens is 2. The van der Waals surface area contributed by atoms with Gasteiger partial charge in [0.15, 0.2) is 0 Å². The molecule has 0 aliphatic heterocycles. The van der Waals surface area contributed by atoms with E-state index in [1.807, 2.05) is 24.6 Å². The lowest BCUT2D eigenvalue weighted by atomic mass is 10.2. The molecule has 0 fully saturated rings. The molecule has 0 unspecified atom stereocenters. The molecule has 0 bridgehead atoms. The fourth-order valence-corrected chi connectivity index (χ4v) is 2.28. The first kappa shape index (κ1) is 14.5. The summed E-state index contributed by atoms with van der Waals surface area (Å²) in [5.74, 6) is -0.342. The van der Waals surface area contributed by atoms with Gasteiger partial charge < -0.3 is 4.74 Å². The standard InChI is InChI=1S/C14H13BrFN3O/c1-3-19-12(14(15)9(2)18-19)8-20-13-6-4-5-11(16)10(13)7-17/h4-6H,3,8H2,1-2H3. The number of nitrogens with zero attached hydrogens (tertiary/aromatic N) is 3. The van der Waals surface area contributed by atoms with Crippen molar-refractivity contribution >= 4 is 15.9 Å². The molecular weight excluding hydrogens is 325 g/mol. The molecule has 0 saturated carbocycles. The van der Waals surface area contributed by atoms with Crippen LogP contribution in [-0.2, 0) is 13.2 Å². The second kappa shape index (κ2) is 6.06. The van der Waals surface area contributed by atoms with Gasteiger partial charge in [0.2, 0.25) is 0 Å². The Bertz CT molecular complexity index is 676. The number of nitriles is 1. The summed E-state index contributed by atoms with van der Waals surface area (Å²) in [6.45, 7) is 4.79. The SMILES string of the molecule is CCn1nc(C)c(Br)c1COc1cccc(F)c1C#N. The van der Waals surface area contributed by atoms with E-state index in [1.54, 1.807) is 6.07 Å². The van der Waals surface area contributed by atoms with Crippen molar-refractivity contribution in [1.82, 2.24) is 9.78 Å². The van der Waals surface area contributed by atoms with Gasteiger partial charge >= 0.3 is 0 Å². The Kier molecular flexibility index (Phi) is 4.40. The van der Waals surface area contributed by atoms with E-state index >= 15 is 0 Å². The molecule has 2 aromatic rings. The molecule has 20 heavy (non-hydrogen) atoms. The lowest BCUT2D eigenvalue weighted by Gasteiger charge is -2.10. The van der Waals surface area contributed by atoms with Crippen molar-refractivity contribution < 1.29 is 9.13 Å². The van der Waals surface area contributed by atoms with E-state index in [2.05, 4.69) is 21.0 Å². The number of rotatable bonds is 4. The largest absolute Gasteiger partial charge is 0.486 e. The van der Waals surface area contributed by atoms with Crippen molar-refractivity contribution in [1.29, 1.82) is 5.26 Å². The number of benzene rings is 1. The molecule has 0 aliphatic rings. The van der Waals surface area contributed by atoms with E-state index in [4.69, 9.17) is 10.00 Å². The Hall–Kier alpha value is -1.87. The number of aryl methyl sites for hydroxylation is 2. The van der Waals surface area contributed by atoms with E-state index in [9.17, 15) is 4.39 Å². The number of ether oxygens (including phenoxy) is 1. The zero-order chi connectivity index (χ0) is 14.7. The van der Waals surface area contributed by atoms with Crippen LogP contribution in [0.4, 0.5) is 4.39 Å². The molecule has 0 atom stereocenters. The van der Waals surface area contributed by atoms with Crippen molar-refractivity contribution in [3.05, 3.63) is 45.4 Å². The van der Waals surface area contributed by atoms with Gasteiger partial charge in [0.1, 0.15) is 29.8 Å². The van der Waals surface area contributed by atoms with Crippen molar-refractivity contribution in [2.24, 2.45) is 0 Å². The van der Waals surface area contributed by atoms with Gasteiger partial charge in [0.05, 0.1) is 15.9 Å². The molecule has 6 heteroatoms. The summed E-state index contributed by atoms with van der Waals surface area (Å²) in [5, 5.41) is 13.3. The Morgan fingerprint density at radius 3 is 2.90 bits per heavy atom. The maximum atomic E-state index is 13.5. The van der Waals surface area contributed by atoms with Crippen molar-refractivity contribution in [3.8, 4) is 11.8 Å². The van der Waals surface area contributed by atoms with Gasteiger partial charge in [-0.25, -0.2) is 4.39 Å². The van der Waals surface area contributed by atoms with Crippen LogP contribution in [0.25, 0.3) is 0 Å². The predicted molar refractivity (Wildman–Crippen MR) is 75.8 cm³/mol. The van der Waals surface area contributed by atoms with Crippen LogP contribution in [0.5, 0.6) is 5.75 Å². The lowest BCUT2D eigenvalue weighted by Crippen LogP contribution is -2.07. The second-order valence-corrected chi connectivity index (χ2v) is 4.97. The van der Waals surface area contributed by atoms with Gasteiger partial charge in [0, 0.05) is 6.54 Å². The van der Waals surface area contributed by atoms with Crippen LogP contribution in [0, 0.1) is 24.1 Å². The van der Waals surface area contributed by atoms with Crippen LogP contribution in [0.15, 0.2) is 22.7 Å². The zero-order valence-corrected chi connectivity index (χ0v) is 12.7. The summed E-state index contributed by atoms with van der Waals surface area (Å²) < 4.78 is 21.7. The number of hydrogen-bond acceptors (Lipinski definition) is 3. The average molecular weight is 338 g/mol. The van der Waals surface area contributed by atoms with Crippen molar-refractivity contribution in [2.45, 2.75) is 27.0 Å². The predicted octanol–water partition coefficient (Wildman–Crippen LogP) is 3.56. The third-order valence-electron chi connectivity index (χ3n) is 2.90. The van der Waals surface area contributed by atoms with Crippen LogP contribution in [0.3, 0.4) is 0 Å². The monoisotopic (exact) mass is 337 g/mol. The molecule has 0 N–H and O–H groups in total. The summed E-state index contributed by atoms with van der Waals surface area (Å²) in [6.07, 6.45) is 0. The summed E-state index contributed by atoms with van der Waals surface area (Å²) in [6, 6.07) is 6.15. The van der Waals surface area contributed by atoms with Gasteiger partial charge in [-0.05, 0) is 41.9 Å². The number of aromatic nitrogens is 2. The molecule has 0 aliphatic carbocycles. The minimum Gasteiger partial charge on any atom is -0.486 e. The highest BCUT2D eigenvalue weighted by Gasteiger charge is 2.14. The van der Waals surface area contributed by atoms with E-state index in [1.165, 1.54) is 12.1 Å². The minimum atomic E-state index is -0.579. The van der Waals surface area contributed by atoms with Gasteiger partial charge in [0.25, 0.3) is 0 Å². The molecule has 0 radical (unpaired) electrons. The Morgan fingerprint density at radius 2 is 2.25 bits per heavy atom. The highest BCUT2D eigenvalue weighted by atomic mass is 79.9. The third kappa shape index (κ3) is 2.68. The highest BCUT2D eigenvalue weighted by molar-refractivity contribution is 9.10. The Morgan fingerprint density at radius 1 is 1.50 bits per heavy atom. The van der Waals surface area contributed by atoms with Crippen LogP contribution in [0.2, 0.25) is 0 Å². The summed E-state index contributed by atoms with van der Waals surface area (Å²) >= 11 is 3.46. The summed E-state index contributed by atoms with van der Waals surface area (Å²) in [5.41, 5.74) is 1.64. The fourth-order valence-electron chi connectivity index (χ4n) is 1.89. The van der Waals surface area contributed by atoms with Gasteiger partial charge in [-0.15, -0.1) is 0 Å². The molecule has 1 aromatic heterocycles. The van der Waals surface area contributed by atoms with Gasteiger partial charge in [-0.2, -0.15) is 10.4 Å². The van der Waals surface area contributed by atoms with Crippen LogP contribution in [-0.4, -0.2) is 9.78 Å².